The molecule has 4 aromatic rings. The molecule has 191 valence electrons. The van der Waals surface area contributed by atoms with Crippen molar-refractivity contribution in [1.29, 1.82) is 0 Å². The molecule has 1 aliphatic rings. The molecule has 0 spiro atoms. The van der Waals surface area contributed by atoms with Gasteiger partial charge in [0, 0.05) is 0 Å². The zero-order valence-corrected chi connectivity index (χ0v) is 21.0. The summed E-state index contributed by atoms with van der Waals surface area (Å²) in [6, 6.07) is 7.23. The van der Waals surface area contributed by atoms with Gasteiger partial charge in [-0.15, -0.1) is 0 Å². The van der Waals surface area contributed by atoms with E-state index in [0.29, 0.717) is 10.8 Å². The van der Waals surface area contributed by atoms with Gasteiger partial charge in [0.25, 0.3) is 0 Å². The van der Waals surface area contributed by atoms with Crippen LogP contribution in [0.25, 0.3) is 16.4 Å². The number of amidine groups is 1. The van der Waals surface area contributed by atoms with Crippen molar-refractivity contribution in [2.45, 2.75) is 0 Å². The number of benzene rings is 2. The van der Waals surface area contributed by atoms with Crippen LogP contribution in [0.15, 0.2) is 46.4 Å². The molecule has 16 nitrogen and oxygen atoms in total. The number of nitro benzene ring substituents is 1. The van der Waals surface area contributed by atoms with Gasteiger partial charge in [-0.05, 0) is 0 Å². The second kappa shape index (κ2) is 9.45. The van der Waals surface area contributed by atoms with Crippen LogP contribution in [0.5, 0.6) is 0 Å². The molecule has 0 fully saturated rings. The van der Waals surface area contributed by atoms with Crippen molar-refractivity contribution in [1.82, 2.24) is 40.1 Å². The molecular weight excluding hydrogens is 567 g/mol. The van der Waals surface area contributed by atoms with E-state index < -0.39 is 28.3 Å². The third kappa shape index (κ3) is 4.14. The van der Waals surface area contributed by atoms with Gasteiger partial charge in [-0.3, -0.25) is 0 Å². The summed E-state index contributed by atoms with van der Waals surface area (Å²) in [7, 11) is 1.40. The van der Waals surface area contributed by atoms with Crippen molar-refractivity contribution < 1.29 is 19.3 Å². The number of aliphatic imine (C=N–C) groups is 1. The number of nitrogens with zero attached hydrogens (tertiary/aromatic N) is 8. The average Bonchev–Trinajstić information content (AvgIpc) is 3.34. The van der Waals surface area contributed by atoms with Gasteiger partial charge >= 0.3 is 219 Å². The van der Waals surface area contributed by atoms with Gasteiger partial charge in [-0.1, -0.05) is 0 Å². The van der Waals surface area contributed by atoms with E-state index in [0.717, 1.165) is 26.4 Å². The molecule has 0 aliphatic carbocycles. The van der Waals surface area contributed by atoms with Crippen LogP contribution in [-0.2, 0) is 7.05 Å². The van der Waals surface area contributed by atoms with Gasteiger partial charge in [0.1, 0.15) is 0 Å². The standard InChI is InChI=1S/C21H15N10O6Se/c1-28-21(35)30-9-23-15(16(30)24-27-28)17(32)25-26-20(38)22-5-6-29-18(33)12-4-2-3-10-7-11(31(36)37)8-13(14(10)12)19(29)34/h2-4,7-9H,5-6H2,1H3,(H,22,26)(H,25,32). The second-order valence-electron chi connectivity index (χ2n) is 7.96. The summed E-state index contributed by atoms with van der Waals surface area (Å²) in [6.45, 7) is -0.167. The fraction of sp³-hybridized carbons (Fsp3) is 0.143. The second-order valence-corrected chi connectivity index (χ2v) is 8.78. The molecule has 2 N–H and O–H groups in total. The van der Waals surface area contributed by atoms with E-state index in [-0.39, 0.29) is 46.0 Å². The van der Waals surface area contributed by atoms with E-state index in [1.165, 1.54) is 13.1 Å². The van der Waals surface area contributed by atoms with Crippen LogP contribution in [0.3, 0.4) is 0 Å². The van der Waals surface area contributed by atoms with Gasteiger partial charge in [-0.2, -0.15) is 0 Å². The molecule has 2 aromatic carbocycles. The first-order chi connectivity index (χ1) is 18.2. The number of nitro groups is 1. The van der Waals surface area contributed by atoms with Crippen LogP contribution in [0.1, 0.15) is 31.2 Å². The number of hydrogen-bond donors (Lipinski definition) is 2. The number of fused-ring (bicyclic) bond motifs is 1. The Morgan fingerprint density at radius 1 is 1.16 bits per heavy atom. The maximum absolute atomic E-state index is 13.1. The van der Waals surface area contributed by atoms with Crippen LogP contribution in [-0.4, -0.2) is 85.8 Å². The Labute approximate surface area is 219 Å². The predicted molar refractivity (Wildman–Crippen MR) is 131 cm³/mol. The fourth-order valence-corrected chi connectivity index (χ4v) is 4.25. The summed E-state index contributed by atoms with van der Waals surface area (Å²) < 4.78 is 2.17. The Hall–Kier alpha value is -5.02. The normalized spacial score (nSPS) is 13.3. The molecule has 0 saturated heterocycles. The third-order valence-electron chi connectivity index (χ3n) is 5.70. The van der Waals surface area contributed by atoms with Crippen LogP contribution in [0, 0.1) is 10.1 Å². The summed E-state index contributed by atoms with van der Waals surface area (Å²) in [5, 5.41) is 19.5. The molecule has 0 saturated carbocycles. The SMILES string of the molecule is Cn1nnc2c(C(=O)NNC([Se])=NCCN3C(=O)c4cccc5cc([N+](=O)[O-])cc(c45)C3=O)ncn2c1=O. The number of hydrazine groups is 1. The number of hydrogen-bond acceptors (Lipinski definition) is 10. The topological polar surface area (TPSA) is 199 Å². The third-order valence-corrected chi connectivity index (χ3v) is 6.18. The zero-order chi connectivity index (χ0) is 27.1. The number of non-ortho nitro benzene ring substituents is 1. The van der Waals surface area contributed by atoms with Gasteiger partial charge in [0.2, 0.25) is 0 Å². The Morgan fingerprint density at radius 2 is 1.92 bits per heavy atom. The van der Waals surface area contributed by atoms with Crippen molar-refractivity contribution in [2.24, 2.45) is 12.0 Å². The molecule has 3 amide bonds. The number of rotatable bonds is 5. The minimum atomic E-state index is -0.717. The first-order valence-corrected chi connectivity index (χ1v) is 11.6. The predicted octanol–water partition coefficient (Wildman–Crippen LogP) is -1.06. The van der Waals surface area contributed by atoms with E-state index >= 15 is 0 Å². The summed E-state index contributed by atoms with van der Waals surface area (Å²) in [6.07, 6.45) is 1.15. The van der Waals surface area contributed by atoms with Crippen LogP contribution in [0.2, 0.25) is 0 Å². The van der Waals surface area contributed by atoms with E-state index in [9.17, 15) is 29.3 Å². The Morgan fingerprint density at radius 3 is 2.68 bits per heavy atom. The van der Waals surface area contributed by atoms with Gasteiger partial charge in [-0.25, -0.2) is 0 Å². The monoisotopic (exact) mass is 583 g/mol. The van der Waals surface area contributed by atoms with Crippen LogP contribution >= 0.6 is 0 Å². The summed E-state index contributed by atoms with van der Waals surface area (Å²) in [4.78, 5) is 70.3. The molecule has 0 atom stereocenters. The van der Waals surface area contributed by atoms with E-state index in [1.54, 1.807) is 18.2 Å². The molecule has 2 aromatic heterocycles. The first kappa shape index (κ1) is 24.7. The summed E-state index contributed by atoms with van der Waals surface area (Å²) in [5.74, 6) is -1.93. The van der Waals surface area contributed by atoms with Crippen molar-refractivity contribution >= 4 is 60.6 Å². The van der Waals surface area contributed by atoms with E-state index in [2.05, 4.69) is 47.2 Å². The minimum absolute atomic E-state index is 0.0383. The number of imide groups is 1. The average molecular weight is 582 g/mol. The zero-order valence-electron chi connectivity index (χ0n) is 19.3. The molecule has 0 unspecified atom stereocenters. The number of carbonyl (C=O) groups excluding carboxylic acids is 3. The van der Waals surface area contributed by atoms with Crippen LogP contribution in [0.4, 0.5) is 5.69 Å². The molecular formula is C21H15N10O6Se. The van der Waals surface area contributed by atoms with E-state index in [1.807, 2.05) is 0 Å². The molecule has 5 rings (SSSR count). The Bertz CT molecular complexity index is 1780. The molecule has 0 bridgehead atoms. The number of imidazole rings is 1. The maximum atomic E-state index is 13.1. The quantitative estimate of drug-likeness (QED) is 0.0730. The number of aryl methyl sites for hydroxylation is 1. The van der Waals surface area contributed by atoms with Crippen molar-refractivity contribution in [3.05, 3.63) is 74.1 Å². The summed E-state index contributed by atoms with van der Waals surface area (Å²) in [5.41, 5.74) is 4.21. The van der Waals surface area contributed by atoms with Crippen molar-refractivity contribution in [2.75, 3.05) is 13.1 Å². The Balaban J connectivity index is 1.27. The van der Waals surface area contributed by atoms with Crippen LogP contribution < -0.4 is 16.5 Å². The van der Waals surface area contributed by atoms with Gasteiger partial charge in [0.15, 0.2) is 0 Å². The summed E-state index contributed by atoms with van der Waals surface area (Å²) >= 11 is 2.60. The molecule has 3 heterocycles. The number of aromatic nitrogens is 5. The van der Waals surface area contributed by atoms with Crippen molar-refractivity contribution in [3.8, 4) is 0 Å². The van der Waals surface area contributed by atoms with Crippen molar-refractivity contribution in [3.63, 3.8) is 0 Å². The molecule has 1 aliphatic heterocycles. The number of amides is 3. The molecule has 17 heteroatoms. The van der Waals surface area contributed by atoms with E-state index in [4.69, 9.17) is 0 Å². The molecule has 38 heavy (non-hydrogen) atoms. The van der Waals surface area contributed by atoms with Gasteiger partial charge in [0.05, 0.1) is 0 Å². The fourth-order valence-electron chi connectivity index (χ4n) is 3.95. The Kier molecular flexibility index (Phi) is 6.14. The molecule has 1 radical (unpaired) electrons. The number of carbonyl (C=O) groups is 3. The first-order valence-electron chi connectivity index (χ1n) is 10.8. The number of nitrogens with one attached hydrogen (secondary N) is 2. The van der Waals surface area contributed by atoms with Gasteiger partial charge < -0.3 is 0 Å².